The van der Waals surface area contributed by atoms with Crippen LogP contribution in [-0.2, 0) is 4.74 Å². The Hall–Kier alpha value is -1.74. The molecule has 7 nitrogen and oxygen atoms in total. The predicted octanol–water partition coefficient (Wildman–Crippen LogP) is 4.92. The number of nitrogens with zero attached hydrogens (tertiary/aromatic N) is 3. The van der Waals surface area contributed by atoms with Crippen LogP contribution in [0.25, 0.3) is 0 Å². The van der Waals surface area contributed by atoms with Crippen molar-refractivity contribution in [3.8, 4) is 0 Å². The lowest BCUT2D eigenvalue weighted by Gasteiger charge is -2.37. The number of benzene rings is 1. The van der Waals surface area contributed by atoms with Gasteiger partial charge in [-0.05, 0) is 79.1 Å². The lowest BCUT2D eigenvalue weighted by atomic mass is 9.87. The molecule has 1 saturated heterocycles. The van der Waals surface area contributed by atoms with E-state index in [0.29, 0.717) is 29.7 Å². The number of nitrogen functional groups attached to an aromatic ring is 1. The zero-order chi connectivity index (χ0) is 23.3. The summed E-state index contributed by atoms with van der Waals surface area (Å²) in [6.07, 6.45) is 5.16. The molecule has 1 unspecified atom stereocenters. The van der Waals surface area contributed by atoms with E-state index in [9.17, 15) is 0 Å². The van der Waals surface area contributed by atoms with Crippen molar-refractivity contribution < 1.29 is 4.74 Å². The number of hydrogen-bond acceptors (Lipinski definition) is 7. The second kappa shape index (κ2) is 10.9. The number of nitrogens with one attached hydrogen (secondary N) is 1. The Morgan fingerprint density at radius 2 is 1.94 bits per heavy atom. The topological polar surface area (TPSA) is 114 Å². The van der Waals surface area contributed by atoms with Gasteiger partial charge < -0.3 is 21.1 Å². The smallest absolute Gasteiger partial charge is 0.144 e. The maximum Gasteiger partial charge on any atom is 0.144 e. The molecule has 1 aromatic carbocycles. The molecule has 1 fully saturated rings. The Kier molecular flexibility index (Phi) is 8.49. The second-order valence-electron chi connectivity index (χ2n) is 9.03. The summed E-state index contributed by atoms with van der Waals surface area (Å²) in [7, 11) is 0. The maximum atomic E-state index is 8.00. The Bertz CT molecular complexity index is 910. The minimum Gasteiger partial charge on any atom is -0.383 e. The standard InChI is InChI=1S/C23H32BrClN6O/c1-23(2,28)10-3-13-32-19(15-4-6-17(25)7-5-15)16-8-11-31(12-9-16)22-18(20(24)26)21(27)29-14-30-22/h4-7,14,16,19,26H,3,8-13,28H2,1-2H3,(H2,27,29,30). The molecule has 0 saturated carbocycles. The number of piperidine rings is 1. The SMILES string of the molecule is CC(C)(N)CCCOC(c1ccc(Cl)cc1)C1CCN(c2ncnc(N)c2C(=N)Br)CC1. The fourth-order valence-corrected chi connectivity index (χ4v) is 4.66. The Labute approximate surface area is 203 Å². The van der Waals surface area contributed by atoms with Gasteiger partial charge in [-0.15, -0.1) is 0 Å². The van der Waals surface area contributed by atoms with E-state index in [2.05, 4.69) is 42.9 Å². The van der Waals surface area contributed by atoms with Crippen LogP contribution in [0.1, 0.15) is 56.8 Å². The average Bonchev–Trinajstić information content (AvgIpc) is 2.74. The molecule has 2 heterocycles. The summed E-state index contributed by atoms with van der Waals surface area (Å²) in [5.41, 5.74) is 13.6. The number of ether oxygens (including phenoxy) is 1. The van der Waals surface area contributed by atoms with Crippen LogP contribution in [0.2, 0.25) is 5.02 Å². The number of halogens is 2. The third kappa shape index (κ3) is 6.63. The summed E-state index contributed by atoms with van der Waals surface area (Å²) in [5.74, 6) is 1.38. The summed E-state index contributed by atoms with van der Waals surface area (Å²) in [6, 6.07) is 7.95. The normalized spacial score (nSPS) is 16.2. The fourth-order valence-electron chi connectivity index (χ4n) is 4.15. The largest absolute Gasteiger partial charge is 0.383 e. The summed E-state index contributed by atoms with van der Waals surface area (Å²) in [4.78, 5) is 10.6. The van der Waals surface area contributed by atoms with Crippen LogP contribution < -0.4 is 16.4 Å². The lowest BCUT2D eigenvalue weighted by Crippen LogP contribution is -2.37. The van der Waals surface area contributed by atoms with Crippen molar-refractivity contribution in [2.45, 2.75) is 51.2 Å². The molecule has 32 heavy (non-hydrogen) atoms. The van der Waals surface area contributed by atoms with Gasteiger partial charge in [-0.25, -0.2) is 9.97 Å². The van der Waals surface area contributed by atoms with Gasteiger partial charge in [0.15, 0.2) is 0 Å². The van der Waals surface area contributed by atoms with E-state index in [1.54, 1.807) is 0 Å². The van der Waals surface area contributed by atoms with Gasteiger partial charge in [-0.1, -0.05) is 23.7 Å². The molecule has 2 aromatic rings. The zero-order valence-electron chi connectivity index (χ0n) is 18.7. The first-order chi connectivity index (χ1) is 15.2. The van der Waals surface area contributed by atoms with Gasteiger partial charge in [0.25, 0.3) is 0 Å². The number of hydrogen-bond donors (Lipinski definition) is 3. The van der Waals surface area contributed by atoms with Crippen LogP contribution in [0.4, 0.5) is 11.6 Å². The molecule has 1 atom stereocenters. The van der Waals surface area contributed by atoms with Crippen molar-refractivity contribution in [2.24, 2.45) is 11.7 Å². The van der Waals surface area contributed by atoms with Crippen molar-refractivity contribution in [1.82, 2.24) is 9.97 Å². The summed E-state index contributed by atoms with van der Waals surface area (Å²) < 4.78 is 6.61. The Morgan fingerprint density at radius 3 is 2.53 bits per heavy atom. The molecule has 1 aliphatic rings. The highest BCUT2D eigenvalue weighted by atomic mass is 79.9. The zero-order valence-corrected chi connectivity index (χ0v) is 21.0. The molecular formula is C23H32BrClN6O. The third-order valence-corrected chi connectivity index (χ3v) is 6.45. The van der Waals surface area contributed by atoms with Crippen LogP contribution in [0.15, 0.2) is 30.6 Å². The number of anilines is 2. The van der Waals surface area contributed by atoms with Gasteiger partial charge in [0.05, 0.1) is 11.7 Å². The van der Waals surface area contributed by atoms with Crippen molar-refractivity contribution >= 4 is 43.8 Å². The second-order valence-corrected chi connectivity index (χ2v) is 10.3. The minimum atomic E-state index is -0.190. The highest BCUT2D eigenvalue weighted by Gasteiger charge is 2.30. The summed E-state index contributed by atoms with van der Waals surface area (Å²) in [6.45, 7) is 6.36. The summed E-state index contributed by atoms with van der Waals surface area (Å²) >= 11 is 9.34. The minimum absolute atomic E-state index is 0.000263. The molecule has 0 aliphatic carbocycles. The number of nitrogens with two attached hydrogens (primary N) is 2. The van der Waals surface area contributed by atoms with E-state index < -0.39 is 0 Å². The molecule has 9 heteroatoms. The summed E-state index contributed by atoms with van der Waals surface area (Å²) in [5, 5.41) is 8.72. The quantitative estimate of drug-likeness (QED) is 0.317. The fraction of sp³-hybridized carbons (Fsp3) is 0.522. The molecule has 0 radical (unpaired) electrons. The van der Waals surface area contributed by atoms with Gasteiger partial charge in [-0.3, -0.25) is 5.41 Å². The monoisotopic (exact) mass is 522 g/mol. The first-order valence-electron chi connectivity index (χ1n) is 10.9. The van der Waals surface area contributed by atoms with Crippen LogP contribution in [0.3, 0.4) is 0 Å². The van der Waals surface area contributed by atoms with E-state index in [4.69, 9.17) is 33.2 Å². The molecule has 0 bridgehead atoms. The predicted molar refractivity (Wildman–Crippen MR) is 135 cm³/mol. The highest BCUT2D eigenvalue weighted by Crippen LogP contribution is 2.36. The van der Waals surface area contributed by atoms with E-state index in [1.807, 2.05) is 26.0 Å². The Morgan fingerprint density at radius 1 is 1.28 bits per heavy atom. The maximum absolute atomic E-state index is 8.00. The Balaban J connectivity index is 1.70. The molecule has 0 amide bonds. The molecule has 1 aromatic heterocycles. The van der Waals surface area contributed by atoms with E-state index >= 15 is 0 Å². The number of aromatic nitrogens is 2. The molecule has 174 valence electrons. The first-order valence-corrected chi connectivity index (χ1v) is 12.1. The van der Waals surface area contributed by atoms with Crippen molar-refractivity contribution in [3.05, 3.63) is 46.7 Å². The van der Waals surface area contributed by atoms with Crippen LogP contribution in [0.5, 0.6) is 0 Å². The van der Waals surface area contributed by atoms with Crippen molar-refractivity contribution in [3.63, 3.8) is 0 Å². The molecular weight excluding hydrogens is 492 g/mol. The van der Waals surface area contributed by atoms with Gasteiger partial charge in [0, 0.05) is 30.3 Å². The van der Waals surface area contributed by atoms with Crippen molar-refractivity contribution in [1.29, 1.82) is 5.41 Å². The third-order valence-electron chi connectivity index (χ3n) is 5.80. The molecule has 0 spiro atoms. The lowest BCUT2D eigenvalue weighted by molar-refractivity contribution is -0.000423. The molecule has 3 rings (SSSR count). The van der Waals surface area contributed by atoms with Gasteiger partial charge in [-0.2, -0.15) is 0 Å². The van der Waals surface area contributed by atoms with E-state index in [-0.39, 0.29) is 16.3 Å². The highest BCUT2D eigenvalue weighted by molar-refractivity contribution is 9.18. The van der Waals surface area contributed by atoms with Gasteiger partial charge >= 0.3 is 0 Å². The van der Waals surface area contributed by atoms with Crippen LogP contribution in [0, 0.1) is 11.3 Å². The number of rotatable bonds is 9. The van der Waals surface area contributed by atoms with Crippen LogP contribution in [-0.4, -0.2) is 39.8 Å². The first kappa shape index (κ1) is 24.9. The van der Waals surface area contributed by atoms with E-state index in [1.165, 1.54) is 6.33 Å². The molecule has 1 aliphatic heterocycles. The van der Waals surface area contributed by atoms with Gasteiger partial charge in [0.1, 0.15) is 22.6 Å². The van der Waals surface area contributed by atoms with Crippen LogP contribution >= 0.6 is 27.5 Å². The molecule has 5 N–H and O–H groups in total. The average molecular weight is 524 g/mol. The van der Waals surface area contributed by atoms with Gasteiger partial charge in [0.2, 0.25) is 0 Å². The van der Waals surface area contributed by atoms with E-state index in [0.717, 1.165) is 49.4 Å². The van der Waals surface area contributed by atoms with Crippen molar-refractivity contribution in [2.75, 3.05) is 30.3 Å².